The number of aliphatic carboxylic acids is 1. The lowest BCUT2D eigenvalue weighted by Gasteiger charge is -2.46. The van der Waals surface area contributed by atoms with Gasteiger partial charge in [-0.05, 0) is 86.3 Å². The van der Waals surface area contributed by atoms with Crippen molar-refractivity contribution >= 4 is 40.9 Å². The second-order valence-corrected chi connectivity index (χ2v) is 15.2. The lowest BCUT2D eigenvalue weighted by molar-refractivity contribution is -0.163. The summed E-state index contributed by atoms with van der Waals surface area (Å²) in [6, 6.07) is 19.7. The van der Waals surface area contributed by atoms with Gasteiger partial charge in [0.2, 0.25) is 5.91 Å². The van der Waals surface area contributed by atoms with E-state index >= 15 is 4.79 Å². The van der Waals surface area contributed by atoms with Crippen LogP contribution in [0.25, 0.3) is 22.0 Å². The van der Waals surface area contributed by atoms with Gasteiger partial charge in [-0.25, -0.2) is 19.3 Å². The fourth-order valence-electron chi connectivity index (χ4n) is 7.63. The van der Waals surface area contributed by atoms with Crippen LogP contribution in [0.5, 0.6) is 0 Å². The fourth-order valence-corrected chi connectivity index (χ4v) is 7.63. The van der Waals surface area contributed by atoms with E-state index in [4.69, 9.17) is 15.2 Å². The number of unbranched alkanes of at least 4 members (excludes halogenated alkanes) is 1. The standard InChI is InChI=1S/C42H51N5O8/c1-25(2)42(38(50)51,35-30-18-9-7-16-28(30)29-17-8-10-19-31(29)35)47(40(53)54-6)37(49)34(21-13-14-22-44-39(52)55-41(3,4)5)46-36(48)32(43)23-26-24-45-33-20-12-11-15-27(26)33/h7-12,15-20,24-25,32,34-35,45H,13-14,21-23,43H2,1-6H3,(H,44,52)(H,46,48)(H,50,51)/t32-,34+,42-/m1/s1. The first-order chi connectivity index (χ1) is 26.1. The number of ether oxygens (including phenoxy) is 2. The molecule has 292 valence electrons. The maximum absolute atomic E-state index is 15.1. The van der Waals surface area contributed by atoms with Crippen molar-refractivity contribution in [1.82, 2.24) is 20.5 Å². The van der Waals surface area contributed by atoms with Crippen molar-refractivity contribution in [1.29, 1.82) is 0 Å². The lowest BCUT2D eigenvalue weighted by atomic mass is 9.69. The number of methoxy groups -OCH3 is 1. The number of nitrogens with one attached hydrogen (secondary N) is 3. The molecule has 13 nitrogen and oxygen atoms in total. The van der Waals surface area contributed by atoms with Crippen molar-refractivity contribution in [3.05, 3.63) is 95.7 Å². The van der Waals surface area contributed by atoms with Gasteiger partial charge in [-0.15, -0.1) is 0 Å². The number of rotatable bonds is 14. The minimum Gasteiger partial charge on any atom is -0.479 e. The number of amides is 4. The summed E-state index contributed by atoms with van der Waals surface area (Å²) in [6.07, 6.45) is 0.771. The molecule has 0 fully saturated rings. The van der Waals surface area contributed by atoms with Crippen molar-refractivity contribution in [2.45, 2.75) is 89.4 Å². The number of carboxylic acid groups (broad SMARTS) is 1. The topological polar surface area (TPSA) is 193 Å². The van der Waals surface area contributed by atoms with Crippen molar-refractivity contribution < 1.29 is 38.6 Å². The average Bonchev–Trinajstić information content (AvgIpc) is 3.70. The van der Waals surface area contributed by atoms with Crippen LogP contribution in [0, 0.1) is 5.92 Å². The number of fused-ring (bicyclic) bond motifs is 4. The van der Waals surface area contributed by atoms with Crippen molar-refractivity contribution in [3.8, 4) is 11.1 Å². The molecule has 1 aliphatic rings. The highest BCUT2D eigenvalue weighted by molar-refractivity contribution is 6.04. The molecule has 0 spiro atoms. The van der Waals surface area contributed by atoms with Crippen LogP contribution in [-0.2, 0) is 30.3 Å². The smallest absolute Gasteiger partial charge is 0.417 e. The summed E-state index contributed by atoms with van der Waals surface area (Å²) in [5.74, 6) is -4.88. The van der Waals surface area contributed by atoms with Gasteiger partial charge in [0.25, 0.3) is 5.91 Å². The van der Waals surface area contributed by atoms with Gasteiger partial charge in [0.1, 0.15) is 11.6 Å². The van der Waals surface area contributed by atoms with Gasteiger partial charge in [-0.1, -0.05) is 80.6 Å². The van der Waals surface area contributed by atoms with E-state index in [1.165, 1.54) is 0 Å². The molecule has 4 aromatic rings. The third-order valence-corrected chi connectivity index (χ3v) is 10.1. The number of imide groups is 1. The van der Waals surface area contributed by atoms with Crippen LogP contribution in [0.2, 0.25) is 0 Å². The first-order valence-electron chi connectivity index (χ1n) is 18.5. The Labute approximate surface area is 320 Å². The highest BCUT2D eigenvalue weighted by atomic mass is 16.6. The Morgan fingerprint density at radius 1 is 0.909 bits per heavy atom. The summed E-state index contributed by atoms with van der Waals surface area (Å²) in [4.78, 5) is 73.1. The fraction of sp³-hybridized carbons (Fsp3) is 0.405. The summed E-state index contributed by atoms with van der Waals surface area (Å²) < 4.78 is 10.5. The number of carbonyl (C=O) groups excluding carboxylic acids is 4. The molecule has 0 unspecified atom stereocenters. The Morgan fingerprint density at radius 3 is 2.09 bits per heavy atom. The second kappa shape index (κ2) is 16.8. The lowest BCUT2D eigenvalue weighted by Crippen LogP contribution is -2.68. The maximum Gasteiger partial charge on any atom is 0.417 e. The van der Waals surface area contributed by atoms with Crippen LogP contribution in [0.4, 0.5) is 9.59 Å². The van der Waals surface area contributed by atoms with Crippen LogP contribution in [0.15, 0.2) is 79.0 Å². The first kappa shape index (κ1) is 40.5. The normalized spacial score (nSPS) is 14.6. The first-order valence-corrected chi connectivity index (χ1v) is 18.5. The highest BCUT2D eigenvalue weighted by Crippen LogP contribution is 2.54. The zero-order chi connectivity index (χ0) is 40.1. The Morgan fingerprint density at radius 2 is 1.51 bits per heavy atom. The Bertz CT molecular complexity index is 2010. The van der Waals surface area contributed by atoms with E-state index in [9.17, 15) is 24.3 Å². The molecule has 6 N–H and O–H groups in total. The summed E-state index contributed by atoms with van der Waals surface area (Å²) in [7, 11) is 1.08. The molecular formula is C42H51N5O8. The number of nitrogens with two attached hydrogens (primary N) is 1. The number of aromatic nitrogens is 1. The predicted octanol–water partition coefficient (Wildman–Crippen LogP) is 6.10. The minimum atomic E-state index is -2.21. The number of carbonyl (C=O) groups is 5. The molecule has 55 heavy (non-hydrogen) atoms. The number of hydrogen-bond donors (Lipinski definition) is 5. The van der Waals surface area contributed by atoms with Gasteiger partial charge in [0.15, 0.2) is 5.54 Å². The number of aromatic amines is 1. The Hall–Kier alpha value is -5.69. The summed E-state index contributed by atoms with van der Waals surface area (Å²) >= 11 is 0. The molecule has 3 atom stereocenters. The van der Waals surface area contributed by atoms with Crippen LogP contribution in [-0.4, -0.2) is 81.8 Å². The highest BCUT2D eigenvalue weighted by Gasteiger charge is 2.61. The molecule has 3 aromatic carbocycles. The van der Waals surface area contributed by atoms with Crippen molar-refractivity contribution in [3.63, 3.8) is 0 Å². The molecule has 1 heterocycles. The van der Waals surface area contributed by atoms with Crippen molar-refractivity contribution in [2.24, 2.45) is 11.7 Å². The van der Waals surface area contributed by atoms with Gasteiger partial charge >= 0.3 is 18.2 Å². The van der Waals surface area contributed by atoms with E-state index in [0.717, 1.165) is 34.7 Å². The largest absolute Gasteiger partial charge is 0.479 e. The number of hydrogen-bond acceptors (Lipinski definition) is 8. The molecule has 1 aliphatic carbocycles. The number of benzene rings is 3. The van der Waals surface area contributed by atoms with Crippen LogP contribution < -0.4 is 16.4 Å². The van der Waals surface area contributed by atoms with Gasteiger partial charge in [0.05, 0.1) is 13.2 Å². The predicted molar refractivity (Wildman–Crippen MR) is 208 cm³/mol. The molecule has 0 aliphatic heterocycles. The number of H-pyrrole nitrogens is 1. The number of para-hydroxylation sites is 1. The summed E-state index contributed by atoms with van der Waals surface area (Å²) in [5.41, 5.74) is 8.08. The van der Waals surface area contributed by atoms with Gasteiger partial charge in [-0.2, -0.15) is 0 Å². The zero-order valence-corrected chi connectivity index (χ0v) is 32.2. The monoisotopic (exact) mass is 753 g/mol. The maximum atomic E-state index is 15.1. The molecule has 5 rings (SSSR count). The number of carboxylic acids is 1. The third kappa shape index (κ3) is 8.36. The Kier molecular flexibility index (Phi) is 12.3. The van der Waals surface area contributed by atoms with E-state index in [0.29, 0.717) is 22.4 Å². The molecular weight excluding hydrogens is 702 g/mol. The molecule has 0 saturated heterocycles. The van der Waals surface area contributed by atoms with E-state index in [-0.39, 0.29) is 25.8 Å². The molecule has 4 amide bonds. The number of alkyl carbamates (subject to hydrolysis) is 1. The minimum absolute atomic E-state index is 0.0144. The molecule has 0 bridgehead atoms. The summed E-state index contributed by atoms with van der Waals surface area (Å²) in [5, 5.41) is 17.7. The molecule has 0 radical (unpaired) electrons. The van der Waals surface area contributed by atoms with Crippen molar-refractivity contribution in [2.75, 3.05) is 13.7 Å². The van der Waals surface area contributed by atoms with E-state index in [1.54, 1.807) is 65.1 Å². The second-order valence-electron chi connectivity index (χ2n) is 15.2. The Balaban J connectivity index is 1.51. The van der Waals surface area contributed by atoms with Gasteiger partial charge in [0, 0.05) is 29.6 Å². The molecule has 13 heteroatoms. The van der Waals surface area contributed by atoms with E-state index in [1.807, 2.05) is 48.5 Å². The van der Waals surface area contributed by atoms with Crippen LogP contribution >= 0.6 is 0 Å². The molecule has 0 saturated carbocycles. The van der Waals surface area contributed by atoms with Gasteiger partial charge < -0.3 is 35.9 Å². The zero-order valence-electron chi connectivity index (χ0n) is 32.2. The van der Waals surface area contributed by atoms with Crippen LogP contribution in [0.1, 0.15) is 76.5 Å². The quantitative estimate of drug-likeness (QED) is 0.0946. The average molecular weight is 754 g/mol. The van der Waals surface area contributed by atoms with E-state index in [2.05, 4.69) is 15.6 Å². The number of nitrogens with zero attached hydrogens (tertiary/aromatic N) is 1. The molecule has 1 aromatic heterocycles. The van der Waals surface area contributed by atoms with Gasteiger partial charge in [-0.3, -0.25) is 9.59 Å². The van der Waals surface area contributed by atoms with E-state index < -0.39 is 65.0 Å². The summed E-state index contributed by atoms with van der Waals surface area (Å²) in [6.45, 7) is 8.74. The van der Waals surface area contributed by atoms with Crippen LogP contribution in [0.3, 0.4) is 0 Å². The SMILES string of the molecule is COC(=O)N(C(=O)[C@H](CCCCNC(=O)OC(C)(C)C)NC(=O)[C@H](N)Cc1c[nH]c2ccccc12)[C@](C(=O)O)(C(C)C)C1c2ccccc2-c2ccccc21. The third-order valence-electron chi connectivity index (χ3n) is 10.1.